The fraction of sp³-hybridized carbons (Fsp3) is 0.545. The maximum atomic E-state index is 12.0. The molecule has 1 saturated heterocycles. The highest BCUT2D eigenvalue weighted by Gasteiger charge is 2.28. The van der Waals surface area contributed by atoms with E-state index in [1.165, 1.54) is 17.4 Å². The zero-order valence-electron chi connectivity index (χ0n) is 11.2. The highest BCUT2D eigenvalue weighted by molar-refractivity contribution is 7.91. The summed E-state index contributed by atoms with van der Waals surface area (Å²) in [4.78, 5) is 31.0. The van der Waals surface area contributed by atoms with Crippen LogP contribution in [0.15, 0.2) is 12.5 Å². The molecule has 1 aromatic rings. The summed E-state index contributed by atoms with van der Waals surface area (Å²) in [7, 11) is -3.09. The van der Waals surface area contributed by atoms with Crippen molar-refractivity contribution < 1.29 is 23.1 Å². The summed E-state index contributed by atoms with van der Waals surface area (Å²) in [6.45, 7) is 0.148. The van der Waals surface area contributed by atoms with Crippen molar-refractivity contribution in [3.8, 4) is 0 Å². The normalized spacial score (nSPS) is 19.0. The number of carboxylic acid groups (broad SMARTS) is 1. The number of H-pyrrole nitrogens is 1. The molecule has 0 bridgehead atoms. The molecule has 1 aliphatic rings. The molecule has 0 aromatic carbocycles. The van der Waals surface area contributed by atoms with Crippen LogP contribution in [0.4, 0.5) is 4.79 Å². The van der Waals surface area contributed by atoms with Gasteiger partial charge in [0.15, 0.2) is 9.84 Å². The van der Waals surface area contributed by atoms with E-state index in [0.29, 0.717) is 5.69 Å². The Labute approximate surface area is 121 Å². The number of aromatic nitrogens is 2. The lowest BCUT2D eigenvalue weighted by Crippen LogP contribution is -2.52. The molecule has 0 saturated carbocycles. The number of hydrogen-bond donors (Lipinski definition) is 3. The van der Waals surface area contributed by atoms with Gasteiger partial charge >= 0.3 is 12.0 Å². The Morgan fingerprint density at radius 2 is 2.10 bits per heavy atom. The summed E-state index contributed by atoms with van der Waals surface area (Å²) in [5.41, 5.74) is 0.587. The van der Waals surface area contributed by atoms with E-state index in [9.17, 15) is 18.0 Å². The Morgan fingerprint density at radius 1 is 1.43 bits per heavy atom. The van der Waals surface area contributed by atoms with E-state index in [-0.39, 0.29) is 31.0 Å². The molecule has 0 radical (unpaired) electrons. The average molecular weight is 316 g/mol. The topological polar surface area (TPSA) is 132 Å². The number of carbonyl (C=O) groups is 2. The average Bonchev–Trinajstić information content (AvgIpc) is 2.90. The van der Waals surface area contributed by atoms with Gasteiger partial charge in [-0.1, -0.05) is 0 Å². The van der Waals surface area contributed by atoms with Crippen LogP contribution in [0.2, 0.25) is 0 Å². The van der Waals surface area contributed by atoms with Gasteiger partial charge in [-0.05, 0) is 0 Å². The molecule has 1 unspecified atom stereocenters. The third-order valence-corrected chi connectivity index (χ3v) is 4.82. The predicted molar refractivity (Wildman–Crippen MR) is 72.5 cm³/mol. The summed E-state index contributed by atoms with van der Waals surface area (Å²) in [5, 5.41) is 11.5. The van der Waals surface area contributed by atoms with Crippen LogP contribution in [0.1, 0.15) is 5.69 Å². The molecular formula is C11H16N4O5S. The van der Waals surface area contributed by atoms with Crippen molar-refractivity contribution in [2.24, 2.45) is 0 Å². The van der Waals surface area contributed by atoms with Crippen molar-refractivity contribution >= 4 is 21.8 Å². The lowest BCUT2D eigenvalue weighted by molar-refractivity contribution is -0.139. The Hall–Kier alpha value is -2.10. The Bertz CT molecular complexity index is 599. The summed E-state index contributed by atoms with van der Waals surface area (Å²) in [6.07, 6.45) is 2.98. The van der Waals surface area contributed by atoms with Gasteiger partial charge in [-0.25, -0.2) is 23.0 Å². The first-order valence-corrected chi connectivity index (χ1v) is 8.15. The van der Waals surface area contributed by atoms with E-state index in [2.05, 4.69) is 15.3 Å². The molecule has 1 fully saturated rings. The van der Waals surface area contributed by atoms with E-state index in [4.69, 9.17) is 5.11 Å². The number of hydrogen-bond acceptors (Lipinski definition) is 5. The number of rotatable bonds is 4. The number of urea groups is 1. The second-order valence-electron chi connectivity index (χ2n) is 4.76. The molecule has 1 aromatic heterocycles. The van der Waals surface area contributed by atoms with Crippen LogP contribution in [-0.2, 0) is 21.1 Å². The summed E-state index contributed by atoms with van der Waals surface area (Å²) < 4.78 is 22.6. The van der Waals surface area contributed by atoms with Crippen molar-refractivity contribution in [3.63, 3.8) is 0 Å². The SMILES string of the molecule is O=C(O)C(Cc1cnc[nH]1)NC(=O)N1CCS(=O)(=O)CC1. The van der Waals surface area contributed by atoms with Crippen LogP contribution in [0.5, 0.6) is 0 Å². The molecule has 10 heteroatoms. The molecule has 2 rings (SSSR count). The molecule has 9 nitrogen and oxygen atoms in total. The second-order valence-corrected chi connectivity index (χ2v) is 7.06. The summed E-state index contributed by atoms with van der Waals surface area (Å²) >= 11 is 0. The van der Waals surface area contributed by atoms with Crippen molar-refractivity contribution in [1.82, 2.24) is 20.2 Å². The minimum Gasteiger partial charge on any atom is -0.480 e. The number of aliphatic carboxylic acids is 1. The van der Waals surface area contributed by atoms with Crippen LogP contribution in [0.25, 0.3) is 0 Å². The molecule has 2 amide bonds. The zero-order chi connectivity index (χ0) is 15.5. The lowest BCUT2D eigenvalue weighted by Gasteiger charge is -2.28. The van der Waals surface area contributed by atoms with Gasteiger partial charge in [0.1, 0.15) is 6.04 Å². The Morgan fingerprint density at radius 3 is 2.62 bits per heavy atom. The van der Waals surface area contributed by atoms with Gasteiger partial charge in [0.2, 0.25) is 0 Å². The number of nitrogens with one attached hydrogen (secondary N) is 2. The molecule has 2 heterocycles. The Kier molecular flexibility index (Phi) is 4.46. The minimum absolute atomic E-state index is 0.0740. The lowest BCUT2D eigenvalue weighted by atomic mass is 10.1. The number of carboxylic acids is 1. The van der Waals surface area contributed by atoms with Crippen LogP contribution < -0.4 is 5.32 Å². The molecule has 1 aliphatic heterocycles. The highest BCUT2D eigenvalue weighted by atomic mass is 32.2. The van der Waals surface area contributed by atoms with E-state index in [1.54, 1.807) is 0 Å². The molecule has 3 N–H and O–H groups in total. The predicted octanol–water partition coefficient (Wildman–Crippen LogP) is -1.15. The summed E-state index contributed by atoms with van der Waals surface area (Å²) in [6, 6.07) is -1.67. The summed E-state index contributed by atoms with van der Waals surface area (Å²) in [5.74, 6) is -1.36. The number of nitrogens with zero attached hydrogens (tertiary/aromatic N) is 2. The monoisotopic (exact) mass is 316 g/mol. The van der Waals surface area contributed by atoms with Crippen LogP contribution in [-0.4, -0.2) is 71.0 Å². The van der Waals surface area contributed by atoms with E-state index >= 15 is 0 Å². The molecule has 0 spiro atoms. The van der Waals surface area contributed by atoms with Gasteiger partial charge in [0.25, 0.3) is 0 Å². The van der Waals surface area contributed by atoms with Crippen LogP contribution in [0, 0.1) is 0 Å². The second kappa shape index (κ2) is 6.12. The quantitative estimate of drug-likeness (QED) is 0.642. The molecule has 116 valence electrons. The minimum atomic E-state index is -3.09. The fourth-order valence-electron chi connectivity index (χ4n) is 1.97. The molecule has 21 heavy (non-hydrogen) atoms. The Balaban J connectivity index is 1.94. The van der Waals surface area contributed by atoms with Gasteiger partial charge in [-0.3, -0.25) is 0 Å². The van der Waals surface area contributed by atoms with Crippen molar-refractivity contribution in [2.75, 3.05) is 24.6 Å². The van der Waals surface area contributed by atoms with Crippen LogP contribution in [0.3, 0.4) is 0 Å². The third-order valence-electron chi connectivity index (χ3n) is 3.21. The third kappa shape index (κ3) is 4.18. The maximum Gasteiger partial charge on any atom is 0.326 e. The first-order valence-electron chi connectivity index (χ1n) is 6.33. The van der Waals surface area contributed by atoms with E-state index in [1.807, 2.05) is 0 Å². The van der Waals surface area contributed by atoms with Gasteiger partial charge in [0.05, 0.1) is 17.8 Å². The molecule has 1 atom stereocenters. The van der Waals surface area contributed by atoms with Gasteiger partial charge in [-0.2, -0.15) is 0 Å². The van der Waals surface area contributed by atoms with Crippen molar-refractivity contribution in [1.29, 1.82) is 0 Å². The number of sulfone groups is 1. The largest absolute Gasteiger partial charge is 0.480 e. The number of amides is 2. The molecule has 0 aliphatic carbocycles. The van der Waals surface area contributed by atoms with Crippen LogP contribution >= 0.6 is 0 Å². The van der Waals surface area contributed by atoms with Gasteiger partial charge in [0, 0.05) is 31.4 Å². The van der Waals surface area contributed by atoms with E-state index in [0.717, 1.165) is 0 Å². The number of aromatic amines is 1. The van der Waals surface area contributed by atoms with Crippen molar-refractivity contribution in [3.05, 3.63) is 18.2 Å². The standard InChI is InChI=1S/C11H16N4O5S/c16-10(17)9(5-8-6-12-7-13-8)14-11(18)15-1-3-21(19,20)4-2-15/h6-7,9H,1-5H2,(H,12,13)(H,14,18)(H,16,17). The molecular weight excluding hydrogens is 300 g/mol. The van der Waals surface area contributed by atoms with Crippen molar-refractivity contribution in [2.45, 2.75) is 12.5 Å². The maximum absolute atomic E-state index is 12.0. The zero-order valence-corrected chi connectivity index (χ0v) is 12.0. The van der Waals surface area contributed by atoms with Gasteiger partial charge in [-0.15, -0.1) is 0 Å². The van der Waals surface area contributed by atoms with Gasteiger partial charge < -0.3 is 20.3 Å². The smallest absolute Gasteiger partial charge is 0.326 e. The van der Waals surface area contributed by atoms with E-state index < -0.39 is 27.9 Å². The number of imidazole rings is 1. The highest BCUT2D eigenvalue weighted by Crippen LogP contribution is 2.05. The number of carbonyl (C=O) groups excluding carboxylic acids is 1. The first kappa shape index (κ1) is 15.3. The fourth-order valence-corrected chi connectivity index (χ4v) is 3.17. The first-order chi connectivity index (χ1) is 9.87.